The number of benzene rings is 2. The standard InChI is InChI=1S/C19H20N2O4/c1-12-5-4-6-16(13(12)2)19(24)21-15-9-7-14(8-10-15)18(23)20-11-17(22)25-3/h4-10H,11H2,1-3H3,(H,20,23)(H,21,24). The van der Waals surface area contributed by atoms with E-state index < -0.39 is 11.9 Å². The number of aryl methyl sites for hydroxylation is 1. The molecule has 0 aliphatic rings. The van der Waals surface area contributed by atoms with Gasteiger partial charge in [0.15, 0.2) is 0 Å². The van der Waals surface area contributed by atoms with Crippen LogP contribution < -0.4 is 10.6 Å². The van der Waals surface area contributed by atoms with Crippen molar-refractivity contribution in [3.05, 3.63) is 64.7 Å². The molecule has 2 aromatic carbocycles. The molecule has 0 saturated heterocycles. The number of carbonyl (C=O) groups is 3. The van der Waals surface area contributed by atoms with E-state index >= 15 is 0 Å². The maximum absolute atomic E-state index is 12.4. The van der Waals surface area contributed by atoms with Crippen LogP contribution in [0.5, 0.6) is 0 Å². The number of hydrogen-bond donors (Lipinski definition) is 2. The number of methoxy groups -OCH3 is 1. The summed E-state index contributed by atoms with van der Waals surface area (Å²) >= 11 is 0. The van der Waals surface area contributed by atoms with E-state index in [4.69, 9.17) is 0 Å². The minimum atomic E-state index is -0.522. The van der Waals surface area contributed by atoms with Gasteiger partial charge in [-0.05, 0) is 55.3 Å². The molecule has 0 radical (unpaired) electrons. The Morgan fingerprint density at radius 3 is 2.28 bits per heavy atom. The van der Waals surface area contributed by atoms with Crippen LogP contribution in [-0.4, -0.2) is 31.4 Å². The summed E-state index contributed by atoms with van der Waals surface area (Å²) in [5.74, 6) is -1.12. The first kappa shape index (κ1) is 18.2. The second kappa shape index (κ2) is 8.10. The Labute approximate surface area is 146 Å². The molecule has 0 aromatic heterocycles. The largest absolute Gasteiger partial charge is 0.468 e. The van der Waals surface area contributed by atoms with Crippen molar-refractivity contribution in [2.24, 2.45) is 0 Å². The minimum absolute atomic E-state index is 0.194. The Hall–Kier alpha value is -3.15. The Morgan fingerprint density at radius 2 is 1.64 bits per heavy atom. The SMILES string of the molecule is COC(=O)CNC(=O)c1ccc(NC(=O)c2cccc(C)c2C)cc1. The van der Waals surface area contributed by atoms with E-state index in [9.17, 15) is 14.4 Å². The Bertz CT molecular complexity index is 798. The summed E-state index contributed by atoms with van der Waals surface area (Å²) in [4.78, 5) is 35.3. The Morgan fingerprint density at radius 1 is 0.960 bits per heavy atom. The fourth-order valence-electron chi connectivity index (χ4n) is 2.23. The third-order valence-corrected chi connectivity index (χ3v) is 3.88. The van der Waals surface area contributed by atoms with Crippen molar-refractivity contribution in [3.8, 4) is 0 Å². The van der Waals surface area contributed by atoms with Crippen molar-refractivity contribution in [2.75, 3.05) is 19.0 Å². The van der Waals surface area contributed by atoms with Crippen LogP contribution in [0.4, 0.5) is 5.69 Å². The van der Waals surface area contributed by atoms with E-state index in [1.54, 1.807) is 30.3 Å². The zero-order chi connectivity index (χ0) is 18.4. The van der Waals surface area contributed by atoms with Gasteiger partial charge in [-0.15, -0.1) is 0 Å². The molecule has 0 heterocycles. The highest BCUT2D eigenvalue weighted by molar-refractivity contribution is 6.05. The molecule has 130 valence electrons. The molecule has 2 rings (SSSR count). The maximum atomic E-state index is 12.4. The number of ether oxygens (including phenoxy) is 1. The fourth-order valence-corrected chi connectivity index (χ4v) is 2.23. The van der Waals surface area contributed by atoms with Gasteiger partial charge in [0, 0.05) is 16.8 Å². The van der Waals surface area contributed by atoms with Crippen molar-refractivity contribution in [3.63, 3.8) is 0 Å². The number of carbonyl (C=O) groups excluding carboxylic acids is 3. The van der Waals surface area contributed by atoms with Gasteiger partial charge in [0.25, 0.3) is 11.8 Å². The van der Waals surface area contributed by atoms with Crippen molar-refractivity contribution in [1.82, 2.24) is 5.32 Å². The van der Waals surface area contributed by atoms with Crippen LogP contribution in [0.25, 0.3) is 0 Å². The van der Waals surface area contributed by atoms with Gasteiger partial charge >= 0.3 is 5.97 Å². The molecule has 6 nitrogen and oxygen atoms in total. The first-order chi connectivity index (χ1) is 11.9. The molecule has 0 aliphatic carbocycles. The summed E-state index contributed by atoms with van der Waals surface area (Å²) in [6.45, 7) is 3.66. The lowest BCUT2D eigenvalue weighted by Gasteiger charge is -2.10. The predicted molar refractivity (Wildman–Crippen MR) is 94.7 cm³/mol. The summed E-state index contributed by atoms with van der Waals surface area (Å²) < 4.78 is 4.46. The zero-order valence-electron chi connectivity index (χ0n) is 14.4. The predicted octanol–water partition coefficient (Wildman–Crippen LogP) is 2.46. The molecule has 6 heteroatoms. The van der Waals surface area contributed by atoms with E-state index in [1.807, 2.05) is 26.0 Å². The van der Waals surface area contributed by atoms with Crippen molar-refractivity contribution < 1.29 is 19.1 Å². The molecule has 2 aromatic rings. The van der Waals surface area contributed by atoms with Gasteiger partial charge in [-0.2, -0.15) is 0 Å². The van der Waals surface area contributed by atoms with Gasteiger partial charge in [-0.3, -0.25) is 14.4 Å². The third kappa shape index (κ3) is 4.67. The van der Waals surface area contributed by atoms with E-state index in [0.29, 0.717) is 16.8 Å². The van der Waals surface area contributed by atoms with Crippen LogP contribution in [0.3, 0.4) is 0 Å². The Balaban J connectivity index is 2.02. The average molecular weight is 340 g/mol. The van der Waals surface area contributed by atoms with Gasteiger partial charge in [-0.1, -0.05) is 12.1 Å². The lowest BCUT2D eigenvalue weighted by Crippen LogP contribution is -2.30. The first-order valence-electron chi connectivity index (χ1n) is 7.75. The molecule has 2 N–H and O–H groups in total. The molecule has 0 unspecified atom stereocenters. The van der Waals surface area contributed by atoms with Crippen LogP contribution in [0.1, 0.15) is 31.8 Å². The molecule has 0 saturated carbocycles. The van der Waals surface area contributed by atoms with Crippen LogP contribution >= 0.6 is 0 Å². The third-order valence-electron chi connectivity index (χ3n) is 3.88. The van der Waals surface area contributed by atoms with E-state index in [1.165, 1.54) is 7.11 Å². The molecule has 0 bridgehead atoms. The quantitative estimate of drug-likeness (QED) is 0.819. The van der Waals surface area contributed by atoms with Crippen molar-refractivity contribution in [2.45, 2.75) is 13.8 Å². The molecule has 25 heavy (non-hydrogen) atoms. The minimum Gasteiger partial charge on any atom is -0.468 e. The lowest BCUT2D eigenvalue weighted by molar-refractivity contribution is -0.139. The monoisotopic (exact) mass is 340 g/mol. The van der Waals surface area contributed by atoms with Gasteiger partial charge in [0.2, 0.25) is 0 Å². The maximum Gasteiger partial charge on any atom is 0.325 e. The number of rotatable bonds is 5. The van der Waals surface area contributed by atoms with Crippen molar-refractivity contribution in [1.29, 1.82) is 0 Å². The molecule has 0 fully saturated rings. The summed E-state index contributed by atoms with van der Waals surface area (Å²) in [5, 5.41) is 5.26. The van der Waals surface area contributed by atoms with Crippen LogP contribution in [0.2, 0.25) is 0 Å². The molecule has 2 amide bonds. The molecule has 0 aliphatic heterocycles. The number of esters is 1. The molecule has 0 spiro atoms. The van der Waals surface area contributed by atoms with Crippen LogP contribution in [0.15, 0.2) is 42.5 Å². The Kier molecular flexibility index (Phi) is 5.89. The summed E-state index contributed by atoms with van der Waals surface area (Å²) in [6, 6.07) is 12.0. The number of nitrogens with one attached hydrogen (secondary N) is 2. The smallest absolute Gasteiger partial charge is 0.325 e. The number of anilines is 1. The highest BCUT2D eigenvalue weighted by atomic mass is 16.5. The molecular weight excluding hydrogens is 320 g/mol. The summed E-state index contributed by atoms with van der Waals surface area (Å²) in [5.41, 5.74) is 3.55. The lowest BCUT2D eigenvalue weighted by atomic mass is 10.0. The summed E-state index contributed by atoms with van der Waals surface area (Å²) in [7, 11) is 1.25. The molecule has 0 atom stereocenters. The first-order valence-corrected chi connectivity index (χ1v) is 7.75. The second-order valence-electron chi connectivity index (χ2n) is 5.54. The highest BCUT2D eigenvalue weighted by Crippen LogP contribution is 2.16. The zero-order valence-corrected chi connectivity index (χ0v) is 14.4. The van der Waals surface area contributed by atoms with Crippen LogP contribution in [-0.2, 0) is 9.53 Å². The van der Waals surface area contributed by atoms with E-state index in [2.05, 4.69) is 15.4 Å². The van der Waals surface area contributed by atoms with Gasteiger partial charge in [-0.25, -0.2) is 0 Å². The van der Waals surface area contributed by atoms with Gasteiger partial charge < -0.3 is 15.4 Å². The van der Waals surface area contributed by atoms with E-state index in [-0.39, 0.29) is 12.5 Å². The topological polar surface area (TPSA) is 84.5 Å². The average Bonchev–Trinajstić information content (AvgIpc) is 2.62. The highest BCUT2D eigenvalue weighted by Gasteiger charge is 2.11. The summed E-state index contributed by atoms with van der Waals surface area (Å²) in [6.07, 6.45) is 0. The van der Waals surface area contributed by atoms with E-state index in [0.717, 1.165) is 11.1 Å². The van der Waals surface area contributed by atoms with Crippen molar-refractivity contribution >= 4 is 23.5 Å². The van der Waals surface area contributed by atoms with Gasteiger partial charge in [0.05, 0.1) is 7.11 Å². The normalized spacial score (nSPS) is 10.0. The van der Waals surface area contributed by atoms with Gasteiger partial charge in [0.1, 0.15) is 6.54 Å². The molecular formula is C19H20N2O4. The number of amides is 2. The fraction of sp³-hybridized carbons (Fsp3) is 0.211. The number of hydrogen-bond acceptors (Lipinski definition) is 4. The van der Waals surface area contributed by atoms with Crippen LogP contribution in [0, 0.1) is 13.8 Å². The second-order valence-corrected chi connectivity index (χ2v) is 5.54.